The molecule has 1 amide bonds. The lowest BCUT2D eigenvalue weighted by atomic mass is 9.88. The van der Waals surface area contributed by atoms with Crippen molar-refractivity contribution in [2.75, 3.05) is 6.61 Å². The van der Waals surface area contributed by atoms with Gasteiger partial charge < -0.3 is 30.4 Å². The van der Waals surface area contributed by atoms with Crippen LogP contribution in [0.3, 0.4) is 0 Å². The summed E-state index contributed by atoms with van der Waals surface area (Å²) in [6.45, 7) is 2.80. The first-order chi connectivity index (χ1) is 19.2. The summed E-state index contributed by atoms with van der Waals surface area (Å²) in [4.78, 5) is 35.0. The van der Waals surface area contributed by atoms with Gasteiger partial charge in [-0.1, -0.05) is 96.8 Å². The first-order valence-corrected chi connectivity index (χ1v) is 15.1. The molecule has 0 aromatic carbocycles. The molecule has 0 saturated carbocycles. The number of nitrogens with one attached hydrogen (secondary N) is 2. The zero-order chi connectivity index (χ0) is 29.8. The number of amides is 1. The highest BCUT2D eigenvalue weighted by atomic mass is 19.1. The number of esters is 1. The van der Waals surface area contributed by atoms with Crippen molar-refractivity contribution in [1.29, 1.82) is 5.41 Å². The Hall–Kier alpha value is -2.49. The van der Waals surface area contributed by atoms with Crippen LogP contribution >= 0.6 is 0 Å². The molecule has 0 aromatic rings. The number of carboxylic acids is 1. The molecule has 1 heterocycles. The van der Waals surface area contributed by atoms with Gasteiger partial charge in [0, 0.05) is 25.5 Å². The first kappa shape index (κ1) is 35.5. The highest BCUT2D eigenvalue weighted by Crippen LogP contribution is 2.27. The maximum Gasteiger partial charge on any atom is 0.370 e. The van der Waals surface area contributed by atoms with Crippen LogP contribution in [0.1, 0.15) is 117 Å². The standard InChI is InChI=1S/C30H51FN2O7/c1-3-4-5-6-7-8-9-10-11-12-13-14-15-16-17-18-26(36)39-21-24(35)27(31)29-28(33-22(2)34)23(20-32)19-25(40-29)30(37)38/h19-20,23-24,27-29,32,35H,3-18,21H2,1-2H3,(H,33,34)(H,37,38)/t23-,24?,27?,28?,29+/m1/s1. The van der Waals surface area contributed by atoms with Crippen molar-refractivity contribution >= 4 is 24.1 Å². The lowest BCUT2D eigenvalue weighted by Crippen LogP contribution is -2.57. The van der Waals surface area contributed by atoms with E-state index in [0.717, 1.165) is 31.6 Å². The van der Waals surface area contributed by atoms with Gasteiger partial charge in [0.15, 0.2) is 12.3 Å². The third-order valence-corrected chi connectivity index (χ3v) is 7.23. The van der Waals surface area contributed by atoms with Crippen LogP contribution < -0.4 is 5.32 Å². The van der Waals surface area contributed by atoms with Crippen LogP contribution in [0.5, 0.6) is 0 Å². The number of aliphatic hydroxyl groups is 1. The number of aliphatic carboxylic acids is 1. The second-order valence-corrected chi connectivity index (χ2v) is 10.8. The average Bonchev–Trinajstić information content (AvgIpc) is 2.92. The van der Waals surface area contributed by atoms with Gasteiger partial charge in [0.25, 0.3) is 0 Å². The number of unbranched alkanes of at least 4 members (excludes halogenated alkanes) is 14. The Labute approximate surface area is 238 Å². The van der Waals surface area contributed by atoms with E-state index in [9.17, 15) is 24.6 Å². The van der Waals surface area contributed by atoms with Crippen molar-refractivity contribution in [3.8, 4) is 0 Å². The van der Waals surface area contributed by atoms with E-state index in [0.29, 0.717) is 6.42 Å². The molecule has 40 heavy (non-hydrogen) atoms. The van der Waals surface area contributed by atoms with E-state index in [1.54, 1.807) is 0 Å². The predicted octanol–water partition coefficient (Wildman–Crippen LogP) is 5.63. The van der Waals surface area contributed by atoms with E-state index >= 15 is 4.39 Å². The Morgan fingerprint density at radius 1 is 1.00 bits per heavy atom. The van der Waals surface area contributed by atoms with Gasteiger partial charge in [-0.25, -0.2) is 9.18 Å². The maximum absolute atomic E-state index is 15.2. The van der Waals surface area contributed by atoms with E-state index < -0.39 is 60.6 Å². The number of hydrogen-bond donors (Lipinski definition) is 4. The smallest absolute Gasteiger partial charge is 0.370 e. The molecule has 230 valence electrons. The van der Waals surface area contributed by atoms with Gasteiger partial charge in [0.05, 0.1) is 6.04 Å². The monoisotopic (exact) mass is 570 g/mol. The minimum atomic E-state index is -2.18. The fraction of sp³-hybridized carbons (Fsp3) is 0.800. The molecule has 0 spiro atoms. The summed E-state index contributed by atoms with van der Waals surface area (Å²) in [5.41, 5.74) is 0. The van der Waals surface area contributed by atoms with E-state index in [1.807, 2.05) is 0 Å². The van der Waals surface area contributed by atoms with Crippen molar-refractivity contribution in [1.82, 2.24) is 5.32 Å². The Balaban J connectivity index is 2.23. The first-order valence-electron chi connectivity index (χ1n) is 15.1. The van der Waals surface area contributed by atoms with Gasteiger partial charge in [-0.05, 0) is 12.5 Å². The molecule has 5 atom stereocenters. The Morgan fingerprint density at radius 3 is 1.95 bits per heavy atom. The fourth-order valence-corrected chi connectivity index (χ4v) is 4.91. The summed E-state index contributed by atoms with van der Waals surface area (Å²) in [5.74, 6) is -4.08. The van der Waals surface area contributed by atoms with Crippen molar-refractivity contribution in [2.24, 2.45) is 5.92 Å². The van der Waals surface area contributed by atoms with Crippen LogP contribution in [0.25, 0.3) is 0 Å². The summed E-state index contributed by atoms with van der Waals surface area (Å²) < 4.78 is 25.4. The lowest BCUT2D eigenvalue weighted by molar-refractivity contribution is -0.151. The quantitative estimate of drug-likeness (QED) is 0.0707. The van der Waals surface area contributed by atoms with E-state index in [2.05, 4.69) is 12.2 Å². The summed E-state index contributed by atoms with van der Waals surface area (Å²) in [5, 5.41) is 29.5. The zero-order valence-corrected chi connectivity index (χ0v) is 24.4. The molecule has 0 bridgehead atoms. The van der Waals surface area contributed by atoms with Crippen LogP contribution in [0.4, 0.5) is 4.39 Å². The average molecular weight is 571 g/mol. The van der Waals surface area contributed by atoms with Gasteiger partial charge in [-0.15, -0.1) is 0 Å². The lowest BCUT2D eigenvalue weighted by Gasteiger charge is -2.37. The topological polar surface area (TPSA) is 146 Å². The molecule has 1 rings (SSSR count). The van der Waals surface area contributed by atoms with Crippen LogP contribution in [-0.4, -0.2) is 65.3 Å². The minimum absolute atomic E-state index is 0.165. The molecule has 0 aromatic heterocycles. The summed E-state index contributed by atoms with van der Waals surface area (Å²) in [7, 11) is 0. The number of carbonyl (C=O) groups is 3. The minimum Gasteiger partial charge on any atom is -0.478 e. The molecule has 4 N–H and O–H groups in total. The van der Waals surface area contributed by atoms with Gasteiger partial charge in [0.2, 0.25) is 11.7 Å². The number of ether oxygens (including phenoxy) is 2. The predicted molar refractivity (Wildman–Crippen MR) is 152 cm³/mol. The van der Waals surface area contributed by atoms with Crippen LogP contribution in [-0.2, 0) is 23.9 Å². The number of carboxylic acid groups (broad SMARTS) is 1. The van der Waals surface area contributed by atoms with Crippen LogP contribution in [0, 0.1) is 11.3 Å². The maximum atomic E-state index is 15.2. The normalized spacial score (nSPS) is 20.1. The van der Waals surface area contributed by atoms with Crippen LogP contribution in [0.15, 0.2) is 11.8 Å². The SMILES string of the molecule is CCCCCCCCCCCCCCCCCC(=O)OCC(O)C(F)[C@@H]1OC(C(=O)O)=C[C@H](C=N)C1NC(C)=O. The molecule has 3 unspecified atom stereocenters. The molecule has 0 radical (unpaired) electrons. The Kier molecular flexibility index (Phi) is 18.9. The third kappa shape index (κ3) is 14.8. The highest BCUT2D eigenvalue weighted by molar-refractivity contribution is 5.86. The molecule has 1 aliphatic heterocycles. The second-order valence-electron chi connectivity index (χ2n) is 10.8. The molecule has 10 heteroatoms. The van der Waals surface area contributed by atoms with Gasteiger partial charge in [-0.3, -0.25) is 9.59 Å². The van der Waals surface area contributed by atoms with Crippen molar-refractivity contribution in [2.45, 2.75) is 141 Å². The highest BCUT2D eigenvalue weighted by Gasteiger charge is 2.44. The van der Waals surface area contributed by atoms with Crippen molar-refractivity contribution in [3.63, 3.8) is 0 Å². The number of alkyl halides is 1. The Morgan fingerprint density at radius 2 is 1.50 bits per heavy atom. The Bertz CT molecular complexity index is 792. The van der Waals surface area contributed by atoms with Gasteiger partial charge in [-0.2, -0.15) is 0 Å². The number of hydrogen-bond acceptors (Lipinski definition) is 7. The molecule has 9 nitrogen and oxygen atoms in total. The van der Waals surface area contributed by atoms with E-state index in [4.69, 9.17) is 14.9 Å². The van der Waals surface area contributed by atoms with Crippen molar-refractivity contribution < 1.29 is 38.5 Å². The summed E-state index contributed by atoms with van der Waals surface area (Å²) in [6, 6.07) is -1.11. The molecule has 0 aliphatic carbocycles. The molecule has 0 saturated heterocycles. The van der Waals surface area contributed by atoms with Gasteiger partial charge in [0.1, 0.15) is 12.7 Å². The fourth-order valence-electron chi connectivity index (χ4n) is 4.91. The van der Waals surface area contributed by atoms with Gasteiger partial charge >= 0.3 is 11.9 Å². The number of rotatable bonds is 23. The molecule has 0 fully saturated rings. The second kappa shape index (κ2) is 21.3. The summed E-state index contributed by atoms with van der Waals surface area (Å²) in [6.07, 6.45) is 14.8. The van der Waals surface area contributed by atoms with Crippen LogP contribution in [0.2, 0.25) is 0 Å². The van der Waals surface area contributed by atoms with E-state index in [-0.39, 0.29) is 6.42 Å². The number of carbonyl (C=O) groups excluding carboxylic acids is 2. The number of aliphatic hydroxyl groups excluding tert-OH is 1. The largest absolute Gasteiger partial charge is 0.478 e. The summed E-state index contributed by atoms with van der Waals surface area (Å²) >= 11 is 0. The number of halogens is 1. The molecular formula is C30H51FN2O7. The zero-order valence-electron chi connectivity index (χ0n) is 24.4. The molecule has 1 aliphatic rings. The van der Waals surface area contributed by atoms with Crippen molar-refractivity contribution in [3.05, 3.63) is 11.8 Å². The molecular weight excluding hydrogens is 519 g/mol. The van der Waals surface area contributed by atoms with E-state index in [1.165, 1.54) is 77.6 Å². The third-order valence-electron chi connectivity index (χ3n) is 7.23.